The molecule has 4 aromatic rings. The van der Waals surface area contributed by atoms with Crippen molar-refractivity contribution in [1.82, 2.24) is 19.4 Å². The molecule has 1 aliphatic heterocycles. The van der Waals surface area contributed by atoms with Gasteiger partial charge in [0.25, 0.3) is 0 Å². The lowest BCUT2D eigenvalue weighted by molar-refractivity contribution is 0.223. The van der Waals surface area contributed by atoms with Crippen LogP contribution in [0.25, 0.3) is 23.6 Å². The molecule has 6 rings (SSSR count). The van der Waals surface area contributed by atoms with Crippen LogP contribution in [-0.2, 0) is 6.54 Å². The smallest absolute Gasteiger partial charge is 0.188 e. The molecule has 3 aromatic heterocycles. The fraction of sp³-hybridized carbons (Fsp3) is 0.379. The first-order valence-corrected chi connectivity index (χ1v) is 14.9. The minimum absolute atomic E-state index is 0.611. The van der Waals surface area contributed by atoms with E-state index in [1.807, 2.05) is 6.20 Å². The van der Waals surface area contributed by atoms with E-state index in [9.17, 15) is 0 Å². The van der Waals surface area contributed by atoms with Crippen LogP contribution in [0.1, 0.15) is 43.4 Å². The summed E-state index contributed by atoms with van der Waals surface area (Å²) in [4.78, 5) is 12.9. The van der Waals surface area contributed by atoms with E-state index in [1.54, 1.807) is 22.7 Å². The van der Waals surface area contributed by atoms with E-state index < -0.39 is 0 Å². The zero-order chi connectivity index (χ0) is 25.2. The normalized spacial score (nSPS) is 16.9. The first-order chi connectivity index (χ1) is 18.1. The molecular weight excluding hydrogens is 496 g/mol. The number of aryl methyl sites for hydroxylation is 1. The minimum atomic E-state index is 0.611. The molecule has 0 spiro atoms. The maximum absolute atomic E-state index is 4.67. The largest absolute Gasteiger partial charge is 0.347 e. The third-order valence-electron chi connectivity index (χ3n) is 7.21. The van der Waals surface area contributed by atoms with Gasteiger partial charge in [0.1, 0.15) is 0 Å². The fourth-order valence-electron chi connectivity index (χ4n) is 4.99. The molecule has 37 heavy (non-hydrogen) atoms. The molecule has 2 N–H and O–H groups in total. The van der Waals surface area contributed by atoms with Crippen LogP contribution in [-0.4, -0.2) is 39.1 Å². The van der Waals surface area contributed by atoms with Crippen molar-refractivity contribution in [2.75, 3.05) is 30.3 Å². The second kappa shape index (κ2) is 10.8. The first-order valence-electron chi connectivity index (χ1n) is 13.3. The lowest BCUT2D eigenvalue weighted by Crippen LogP contribution is -2.31. The quantitative estimate of drug-likeness (QED) is 0.274. The average molecular weight is 531 g/mol. The molecule has 1 aliphatic carbocycles. The van der Waals surface area contributed by atoms with E-state index in [2.05, 4.69) is 79.8 Å². The number of anilines is 3. The van der Waals surface area contributed by atoms with Crippen molar-refractivity contribution in [2.45, 2.75) is 45.1 Å². The summed E-state index contributed by atoms with van der Waals surface area (Å²) in [5.41, 5.74) is 3.41. The Morgan fingerprint density at radius 2 is 1.95 bits per heavy atom. The summed E-state index contributed by atoms with van der Waals surface area (Å²) < 4.78 is 3.42. The number of allylic oxidation sites excluding steroid dienone is 1. The second-order valence-electron chi connectivity index (χ2n) is 10.1. The van der Waals surface area contributed by atoms with E-state index in [0.29, 0.717) is 5.92 Å². The molecule has 0 amide bonds. The van der Waals surface area contributed by atoms with Gasteiger partial charge in [-0.25, -0.2) is 9.97 Å². The molecule has 2 aliphatic rings. The van der Waals surface area contributed by atoms with E-state index >= 15 is 0 Å². The topological polar surface area (TPSA) is 58.0 Å². The number of rotatable bonds is 10. The van der Waals surface area contributed by atoms with Crippen molar-refractivity contribution in [2.24, 2.45) is 5.92 Å². The van der Waals surface area contributed by atoms with E-state index in [0.717, 1.165) is 43.0 Å². The van der Waals surface area contributed by atoms with Crippen LogP contribution in [0, 0.1) is 5.92 Å². The number of benzene rings is 1. The van der Waals surface area contributed by atoms with Gasteiger partial charge in [-0.1, -0.05) is 42.3 Å². The maximum atomic E-state index is 4.67. The summed E-state index contributed by atoms with van der Waals surface area (Å²) in [6, 6.07) is 8.77. The average Bonchev–Trinajstić information content (AvgIpc) is 3.42. The Labute approximate surface area is 226 Å². The zero-order valence-electron chi connectivity index (χ0n) is 21.2. The van der Waals surface area contributed by atoms with E-state index in [4.69, 9.17) is 0 Å². The number of piperidine rings is 1. The van der Waals surface area contributed by atoms with Crippen molar-refractivity contribution in [3.63, 3.8) is 0 Å². The maximum Gasteiger partial charge on any atom is 0.188 e. The van der Waals surface area contributed by atoms with E-state index in [1.165, 1.54) is 69.1 Å². The van der Waals surface area contributed by atoms with Gasteiger partial charge in [-0.05, 0) is 88.0 Å². The van der Waals surface area contributed by atoms with Gasteiger partial charge in [0.2, 0.25) is 0 Å². The van der Waals surface area contributed by atoms with Gasteiger partial charge in [-0.2, -0.15) is 0 Å². The van der Waals surface area contributed by atoms with Gasteiger partial charge in [0.05, 0.1) is 14.8 Å². The summed E-state index contributed by atoms with van der Waals surface area (Å²) in [5, 5.41) is 10.6. The molecule has 8 heteroatoms. The van der Waals surface area contributed by atoms with Gasteiger partial charge < -0.3 is 20.1 Å². The van der Waals surface area contributed by atoms with Crippen LogP contribution >= 0.6 is 22.7 Å². The molecule has 4 heterocycles. The number of hydrogen-bond donors (Lipinski definition) is 2. The van der Waals surface area contributed by atoms with Crippen molar-refractivity contribution in [3.05, 3.63) is 63.7 Å². The lowest BCUT2D eigenvalue weighted by atomic mass is 10.1. The highest BCUT2D eigenvalue weighted by Crippen LogP contribution is 2.36. The summed E-state index contributed by atoms with van der Waals surface area (Å²) >= 11 is 3.24. The zero-order valence-corrected chi connectivity index (χ0v) is 22.8. The summed E-state index contributed by atoms with van der Waals surface area (Å²) in [7, 11) is 0. The predicted octanol–water partition coefficient (Wildman–Crippen LogP) is 5.75. The van der Waals surface area contributed by atoms with Crippen LogP contribution in [0.2, 0.25) is 0 Å². The molecule has 2 fully saturated rings. The van der Waals surface area contributed by atoms with Gasteiger partial charge in [-0.15, -0.1) is 0 Å². The SMILES string of the molecule is C=C(Nc1ncc(/C=c2\sc(Nc3ccc4c(ccn4CCCN4CCCCC4)c3)nc2=C)s1)C1CC1. The Hall–Kier alpha value is -2.94. The van der Waals surface area contributed by atoms with Gasteiger partial charge >= 0.3 is 0 Å². The predicted molar refractivity (Wildman–Crippen MR) is 158 cm³/mol. The highest BCUT2D eigenvalue weighted by atomic mass is 32.1. The highest BCUT2D eigenvalue weighted by Gasteiger charge is 2.25. The molecule has 1 saturated carbocycles. The van der Waals surface area contributed by atoms with Crippen LogP contribution < -0.4 is 20.5 Å². The monoisotopic (exact) mass is 530 g/mol. The van der Waals surface area contributed by atoms with Crippen molar-refractivity contribution < 1.29 is 0 Å². The van der Waals surface area contributed by atoms with Crippen LogP contribution in [0.5, 0.6) is 0 Å². The lowest BCUT2D eigenvalue weighted by Gasteiger charge is -2.26. The molecule has 1 aromatic carbocycles. The Balaban J connectivity index is 1.10. The Bertz CT molecular complexity index is 1500. The number of nitrogens with one attached hydrogen (secondary N) is 2. The summed E-state index contributed by atoms with van der Waals surface area (Å²) in [6.45, 7) is 13.1. The fourth-order valence-corrected chi connectivity index (χ4v) is 6.74. The van der Waals surface area contributed by atoms with Crippen molar-refractivity contribution in [1.29, 1.82) is 0 Å². The number of fused-ring (bicyclic) bond motifs is 1. The number of likely N-dealkylation sites (tertiary alicyclic amines) is 1. The third kappa shape index (κ3) is 5.98. The van der Waals surface area contributed by atoms with Gasteiger partial charge in [-0.3, -0.25) is 0 Å². The number of nitrogens with zero attached hydrogens (tertiary/aromatic N) is 4. The number of aromatic nitrogens is 3. The second-order valence-corrected chi connectivity index (χ2v) is 12.2. The standard InChI is InChI=1S/C29H34N6S2/c1-20(22-7-8-22)31-28-30-19-25(36-28)18-27-21(2)32-29(37-27)33-24-9-10-26-23(17-24)11-16-35(26)15-6-14-34-12-4-3-5-13-34/h9-11,16-19,22H,1-8,12-15H2,(H,30,31)(H,32,33)/b27-18-. The Kier molecular flexibility index (Phi) is 7.13. The molecule has 0 radical (unpaired) electrons. The van der Waals surface area contributed by atoms with Gasteiger partial charge in [0.15, 0.2) is 10.3 Å². The minimum Gasteiger partial charge on any atom is -0.347 e. The molecule has 0 unspecified atom stereocenters. The van der Waals surface area contributed by atoms with Crippen molar-refractivity contribution in [3.8, 4) is 0 Å². The number of thiazole rings is 2. The van der Waals surface area contributed by atoms with Crippen molar-refractivity contribution >= 4 is 62.2 Å². The highest BCUT2D eigenvalue weighted by molar-refractivity contribution is 7.17. The summed E-state index contributed by atoms with van der Waals surface area (Å²) in [5.74, 6) is 0.611. The molecular formula is C29H34N6S2. The van der Waals surface area contributed by atoms with Crippen LogP contribution in [0.4, 0.5) is 16.0 Å². The molecule has 192 valence electrons. The van der Waals surface area contributed by atoms with E-state index in [-0.39, 0.29) is 0 Å². The molecule has 0 atom stereocenters. The van der Waals surface area contributed by atoms with Gasteiger partial charge in [0, 0.05) is 41.2 Å². The van der Waals surface area contributed by atoms with Crippen LogP contribution in [0.3, 0.4) is 0 Å². The first kappa shape index (κ1) is 24.4. The third-order valence-corrected chi connectivity index (χ3v) is 9.03. The Morgan fingerprint density at radius 1 is 1.08 bits per heavy atom. The van der Waals surface area contributed by atoms with Crippen LogP contribution in [0.15, 0.2) is 48.9 Å². The molecule has 6 nitrogen and oxygen atoms in total. The number of hydrogen-bond acceptors (Lipinski definition) is 7. The molecule has 1 saturated heterocycles. The Morgan fingerprint density at radius 3 is 2.78 bits per heavy atom. The molecule has 0 bridgehead atoms. The summed E-state index contributed by atoms with van der Waals surface area (Å²) in [6.07, 6.45) is 14.0.